The molecule has 0 amide bonds. The van der Waals surface area contributed by atoms with E-state index < -0.39 is 0 Å². The Hall–Kier alpha value is -0.820. The van der Waals surface area contributed by atoms with Crippen LogP contribution >= 0.6 is 0 Å². The highest BCUT2D eigenvalue weighted by molar-refractivity contribution is 5.13. The summed E-state index contributed by atoms with van der Waals surface area (Å²) in [5, 5.41) is 0. The van der Waals surface area contributed by atoms with Crippen LogP contribution in [0, 0.1) is 11.8 Å². The van der Waals surface area contributed by atoms with Crippen molar-refractivity contribution < 1.29 is 4.74 Å². The van der Waals surface area contributed by atoms with E-state index in [2.05, 4.69) is 44.2 Å². The molecule has 1 nitrogen and oxygen atoms in total. The van der Waals surface area contributed by atoms with E-state index in [1.165, 1.54) is 24.8 Å². The molecular formula is C15H22O. The lowest BCUT2D eigenvalue weighted by molar-refractivity contribution is 0.00355. The maximum Gasteiger partial charge on any atom is 0.0720 e. The predicted octanol–water partition coefficient (Wildman–Crippen LogP) is 4.03. The van der Waals surface area contributed by atoms with Gasteiger partial charge in [0.15, 0.2) is 0 Å². The van der Waals surface area contributed by atoms with Crippen molar-refractivity contribution in [3.8, 4) is 0 Å². The van der Waals surface area contributed by atoms with Crippen LogP contribution in [0.25, 0.3) is 0 Å². The molecule has 2 atom stereocenters. The maximum atomic E-state index is 6.06. The molecule has 1 aromatic rings. The molecule has 1 saturated carbocycles. The van der Waals surface area contributed by atoms with Crippen LogP contribution in [-0.4, -0.2) is 6.10 Å². The highest BCUT2D eigenvalue weighted by Gasteiger charge is 2.30. The fourth-order valence-electron chi connectivity index (χ4n) is 2.70. The van der Waals surface area contributed by atoms with Crippen LogP contribution in [0.15, 0.2) is 30.3 Å². The van der Waals surface area contributed by atoms with Crippen LogP contribution in [0.5, 0.6) is 0 Å². The molecule has 0 bridgehead atoms. The molecule has 0 heterocycles. The van der Waals surface area contributed by atoms with Gasteiger partial charge in [-0.2, -0.15) is 0 Å². The van der Waals surface area contributed by atoms with Crippen LogP contribution in [0.2, 0.25) is 0 Å². The smallest absolute Gasteiger partial charge is 0.0720 e. The molecule has 1 heteroatoms. The Bertz CT molecular complexity index is 304. The zero-order valence-electron chi connectivity index (χ0n) is 10.4. The Labute approximate surface area is 98.8 Å². The molecule has 0 radical (unpaired) electrons. The van der Waals surface area contributed by atoms with E-state index in [0.29, 0.717) is 6.10 Å². The first kappa shape index (κ1) is 11.7. The van der Waals surface area contributed by atoms with Crippen molar-refractivity contribution in [3.05, 3.63) is 35.9 Å². The van der Waals surface area contributed by atoms with Crippen molar-refractivity contribution in [2.45, 2.75) is 45.8 Å². The summed E-state index contributed by atoms with van der Waals surface area (Å²) in [4.78, 5) is 0. The van der Waals surface area contributed by atoms with Crippen LogP contribution < -0.4 is 0 Å². The van der Waals surface area contributed by atoms with Gasteiger partial charge in [0.25, 0.3) is 0 Å². The van der Waals surface area contributed by atoms with E-state index in [9.17, 15) is 0 Å². The van der Waals surface area contributed by atoms with Crippen molar-refractivity contribution in [2.24, 2.45) is 11.8 Å². The van der Waals surface area contributed by atoms with Gasteiger partial charge in [-0.1, -0.05) is 50.6 Å². The maximum absolute atomic E-state index is 6.06. The second kappa shape index (κ2) is 5.49. The van der Waals surface area contributed by atoms with E-state index >= 15 is 0 Å². The van der Waals surface area contributed by atoms with Gasteiger partial charge in [-0.3, -0.25) is 0 Å². The monoisotopic (exact) mass is 218 g/mol. The van der Waals surface area contributed by atoms with Gasteiger partial charge in [0.05, 0.1) is 12.7 Å². The first-order valence-electron chi connectivity index (χ1n) is 6.43. The summed E-state index contributed by atoms with van der Waals surface area (Å²) in [5.41, 5.74) is 1.29. The van der Waals surface area contributed by atoms with Crippen molar-refractivity contribution in [3.63, 3.8) is 0 Å². The Balaban J connectivity index is 1.86. The minimum atomic E-state index is 0.486. The fourth-order valence-corrected chi connectivity index (χ4v) is 2.70. The minimum Gasteiger partial charge on any atom is -0.373 e. The van der Waals surface area contributed by atoms with E-state index in [1.807, 2.05) is 0 Å². The second-order valence-corrected chi connectivity index (χ2v) is 5.17. The van der Waals surface area contributed by atoms with E-state index in [0.717, 1.165) is 18.4 Å². The molecule has 0 unspecified atom stereocenters. The van der Waals surface area contributed by atoms with Crippen LogP contribution in [0.3, 0.4) is 0 Å². The number of rotatable bonds is 4. The average Bonchev–Trinajstić information content (AvgIpc) is 2.76. The molecule has 1 aromatic carbocycles. The van der Waals surface area contributed by atoms with Crippen molar-refractivity contribution in [1.29, 1.82) is 0 Å². The lowest BCUT2D eigenvalue weighted by Crippen LogP contribution is -2.22. The van der Waals surface area contributed by atoms with E-state index in [4.69, 9.17) is 4.74 Å². The number of hydrogen-bond donors (Lipinski definition) is 0. The molecule has 0 spiro atoms. The Kier molecular flexibility index (Phi) is 4.00. The highest BCUT2D eigenvalue weighted by atomic mass is 16.5. The Morgan fingerprint density at radius 2 is 1.94 bits per heavy atom. The molecule has 1 fully saturated rings. The highest BCUT2D eigenvalue weighted by Crippen LogP contribution is 2.34. The van der Waals surface area contributed by atoms with E-state index in [1.54, 1.807) is 0 Å². The standard InChI is InChI=1S/C15H22O/c1-12(2)14-9-6-10-15(14)16-11-13-7-4-3-5-8-13/h3-5,7-8,12,14-15H,6,9-11H2,1-2H3/t14-,15-/m1/s1. The van der Waals surface area contributed by atoms with Gasteiger partial charge < -0.3 is 4.74 Å². The quantitative estimate of drug-likeness (QED) is 0.741. The van der Waals surface area contributed by atoms with Crippen molar-refractivity contribution in [1.82, 2.24) is 0 Å². The molecule has 2 rings (SSSR count). The van der Waals surface area contributed by atoms with Crippen LogP contribution in [-0.2, 0) is 11.3 Å². The molecule has 0 saturated heterocycles. The largest absolute Gasteiger partial charge is 0.373 e. The van der Waals surface area contributed by atoms with E-state index in [-0.39, 0.29) is 0 Å². The summed E-state index contributed by atoms with van der Waals surface area (Å²) in [6, 6.07) is 10.5. The zero-order chi connectivity index (χ0) is 11.4. The molecule has 88 valence electrons. The zero-order valence-corrected chi connectivity index (χ0v) is 10.4. The Morgan fingerprint density at radius 3 is 2.62 bits per heavy atom. The van der Waals surface area contributed by atoms with Gasteiger partial charge >= 0.3 is 0 Å². The molecule has 16 heavy (non-hydrogen) atoms. The minimum absolute atomic E-state index is 0.486. The van der Waals surface area contributed by atoms with Gasteiger partial charge in [-0.15, -0.1) is 0 Å². The second-order valence-electron chi connectivity index (χ2n) is 5.17. The molecule has 1 aliphatic rings. The van der Waals surface area contributed by atoms with Crippen molar-refractivity contribution >= 4 is 0 Å². The van der Waals surface area contributed by atoms with Gasteiger partial charge in [0, 0.05) is 0 Å². The summed E-state index contributed by atoms with van der Waals surface area (Å²) < 4.78 is 6.06. The molecule has 0 N–H and O–H groups in total. The third-order valence-corrected chi connectivity index (χ3v) is 3.67. The van der Waals surface area contributed by atoms with Gasteiger partial charge in [0.2, 0.25) is 0 Å². The topological polar surface area (TPSA) is 9.23 Å². The van der Waals surface area contributed by atoms with Gasteiger partial charge in [0.1, 0.15) is 0 Å². The fraction of sp³-hybridized carbons (Fsp3) is 0.600. The summed E-state index contributed by atoms with van der Waals surface area (Å²) >= 11 is 0. The Morgan fingerprint density at radius 1 is 1.19 bits per heavy atom. The number of hydrogen-bond acceptors (Lipinski definition) is 1. The summed E-state index contributed by atoms with van der Waals surface area (Å²) in [6.07, 6.45) is 4.41. The summed E-state index contributed by atoms with van der Waals surface area (Å²) in [5.74, 6) is 1.52. The van der Waals surface area contributed by atoms with Gasteiger partial charge in [-0.25, -0.2) is 0 Å². The average molecular weight is 218 g/mol. The molecular weight excluding hydrogens is 196 g/mol. The third kappa shape index (κ3) is 2.85. The number of ether oxygens (including phenoxy) is 1. The van der Waals surface area contributed by atoms with Crippen LogP contribution in [0.1, 0.15) is 38.7 Å². The first-order chi connectivity index (χ1) is 7.77. The summed E-state index contributed by atoms with van der Waals surface area (Å²) in [7, 11) is 0. The first-order valence-corrected chi connectivity index (χ1v) is 6.43. The third-order valence-electron chi connectivity index (χ3n) is 3.67. The van der Waals surface area contributed by atoms with Crippen molar-refractivity contribution in [2.75, 3.05) is 0 Å². The SMILES string of the molecule is CC(C)[C@H]1CCC[C@H]1OCc1ccccc1. The molecule has 1 aliphatic carbocycles. The normalized spacial score (nSPS) is 25.2. The van der Waals surface area contributed by atoms with Crippen LogP contribution in [0.4, 0.5) is 0 Å². The number of benzene rings is 1. The lowest BCUT2D eigenvalue weighted by Gasteiger charge is -2.23. The van der Waals surface area contributed by atoms with Gasteiger partial charge in [-0.05, 0) is 30.2 Å². The molecule has 0 aromatic heterocycles. The predicted molar refractivity (Wildman–Crippen MR) is 67.2 cm³/mol. The molecule has 0 aliphatic heterocycles. The lowest BCUT2D eigenvalue weighted by atomic mass is 9.92. The summed E-state index contributed by atoms with van der Waals surface area (Å²) in [6.45, 7) is 5.40.